The maximum Gasteiger partial charge on any atom is 0.375 e. The summed E-state index contributed by atoms with van der Waals surface area (Å²) in [6.45, 7) is 9.90. The van der Waals surface area contributed by atoms with Crippen molar-refractivity contribution in [3.8, 4) is 5.75 Å². The van der Waals surface area contributed by atoms with E-state index in [4.69, 9.17) is 14.2 Å². The molecule has 0 amide bonds. The van der Waals surface area contributed by atoms with Crippen molar-refractivity contribution in [3.63, 3.8) is 0 Å². The quantitative estimate of drug-likeness (QED) is 0.258. The lowest BCUT2D eigenvalue weighted by molar-refractivity contribution is -0.385. The van der Waals surface area contributed by atoms with Gasteiger partial charge in [0.2, 0.25) is 11.5 Å². The van der Waals surface area contributed by atoms with Crippen molar-refractivity contribution in [2.45, 2.75) is 52.7 Å². The standard InChI is InChI=1S/C18H23NO7/c1-17(2,3)25-15(20)11-14(16(21)26-18(4,5)6)24-13-10-8-7-9-12(13)19(22)23/h7-11H,1-6H3. The molecule has 0 aliphatic heterocycles. The maximum atomic E-state index is 12.4. The van der Waals surface area contributed by atoms with Crippen LogP contribution in [0.15, 0.2) is 36.1 Å². The van der Waals surface area contributed by atoms with Gasteiger partial charge in [0.05, 0.1) is 11.0 Å². The molecule has 0 saturated heterocycles. The van der Waals surface area contributed by atoms with Gasteiger partial charge in [0.25, 0.3) is 0 Å². The van der Waals surface area contributed by atoms with Crippen LogP contribution in [0.5, 0.6) is 5.75 Å². The average Bonchev–Trinajstić information content (AvgIpc) is 2.43. The Morgan fingerprint density at radius 2 is 1.54 bits per heavy atom. The third-order valence-corrected chi connectivity index (χ3v) is 2.54. The van der Waals surface area contributed by atoms with E-state index in [-0.39, 0.29) is 11.4 Å². The van der Waals surface area contributed by atoms with Crippen LogP contribution in [0.25, 0.3) is 0 Å². The van der Waals surface area contributed by atoms with Gasteiger partial charge < -0.3 is 14.2 Å². The molecule has 1 aromatic rings. The molecule has 0 atom stereocenters. The van der Waals surface area contributed by atoms with Crippen LogP contribution in [-0.2, 0) is 19.1 Å². The smallest absolute Gasteiger partial charge is 0.375 e. The van der Waals surface area contributed by atoms with Gasteiger partial charge in [-0.05, 0) is 47.6 Å². The number of carbonyl (C=O) groups is 2. The predicted octanol–water partition coefficient (Wildman–Crippen LogP) is 3.54. The molecule has 0 aromatic heterocycles. The monoisotopic (exact) mass is 365 g/mol. The Bertz CT molecular complexity index is 724. The van der Waals surface area contributed by atoms with E-state index in [0.29, 0.717) is 0 Å². The number of hydrogen-bond donors (Lipinski definition) is 0. The minimum atomic E-state index is -0.943. The molecule has 0 spiro atoms. The SMILES string of the molecule is CC(C)(C)OC(=O)C=C(Oc1ccccc1[N+](=O)[O-])C(=O)OC(C)(C)C. The van der Waals surface area contributed by atoms with E-state index in [1.165, 1.54) is 24.3 Å². The third-order valence-electron chi connectivity index (χ3n) is 2.54. The largest absolute Gasteiger partial charge is 0.457 e. The first-order chi connectivity index (χ1) is 11.8. The van der Waals surface area contributed by atoms with E-state index in [1.54, 1.807) is 41.5 Å². The number of ether oxygens (including phenoxy) is 3. The van der Waals surface area contributed by atoms with Gasteiger partial charge in [-0.1, -0.05) is 12.1 Å². The molecule has 8 nitrogen and oxygen atoms in total. The molecule has 0 aliphatic rings. The van der Waals surface area contributed by atoms with Gasteiger partial charge in [-0.15, -0.1) is 0 Å². The zero-order valence-corrected chi connectivity index (χ0v) is 15.7. The molecule has 26 heavy (non-hydrogen) atoms. The highest BCUT2D eigenvalue weighted by Gasteiger charge is 2.26. The van der Waals surface area contributed by atoms with Crippen LogP contribution in [0, 0.1) is 10.1 Å². The number of esters is 2. The lowest BCUT2D eigenvalue weighted by atomic mass is 10.2. The molecule has 0 heterocycles. The molecule has 1 rings (SSSR count). The lowest BCUT2D eigenvalue weighted by Gasteiger charge is -2.21. The van der Waals surface area contributed by atoms with Crippen LogP contribution >= 0.6 is 0 Å². The van der Waals surface area contributed by atoms with Crippen molar-refractivity contribution in [3.05, 3.63) is 46.2 Å². The van der Waals surface area contributed by atoms with E-state index >= 15 is 0 Å². The van der Waals surface area contributed by atoms with Crippen molar-refractivity contribution in [1.29, 1.82) is 0 Å². The summed E-state index contributed by atoms with van der Waals surface area (Å²) in [5.74, 6) is -2.49. The first-order valence-corrected chi connectivity index (χ1v) is 7.88. The number of nitro groups is 1. The van der Waals surface area contributed by atoms with E-state index in [2.05, 4.69) is 0 Å². The van der Waals surface area contributed by atoms with E-state index in [0.717, 1.165) is 6.08 Å². The summed E-state index contributed by atoms with van der Waals surface area (Å²) >= 11 is 0. The van der Waals surface area contributed by atoms with Gasteiger partial charge in [0, 0.05) is 6.07 Å². The fourth-order valence-corrected chi connectivity index (χ4v) is 1.71. The summed E-state index contributed by atoms with van der Waals surface area (Å²) in [7, 11) is 0. The zero-order valence-electron chi connectivity index (χ0n) is 15.7. The van der Waals surface area contributed by atoms with Gasteiger partial charge in [0.1, 0.15) is 11.2 Å². The molecule has 0 N–H and O–H groups in total. The van der Waals surface area contributed by atoms with Crippen molar-refractivity contribution >= 4 is 17.6 Å². The predicted molar refractivity (Wildman–Crippen MR) is 93.5 cm³/mol. The van der Waals surface area contributed by atoms with Gasteiger partial charge >= 0.3 is 17.6 Å². The minimum absolute atomic E-state index is 0.196. The molecule has 142 valence electrons. The van der Waals surface area contributed by atoms with Crippen molar-refractivity contribution in [2.24, 2.45) is 0 Å². The molecule has 0 fully saturated rings. The van der Waals surface area contributed by atoms with E-state index in [9.17, 15) is 19.7 Å². The number of para-hydroxylation sites is 2. The van der Waals surface area contributed by atoms with Crippen LogP contribution in [0.2, 0.25) is 0 Å². The number of nitrogens with zero attached hydrogens (tertiary/aromatic N) is 1. The number of hydrogen-bond acceptors (Lipinski definition) is 7. The first kappa shape index (κ1) is 21.1. The van der Waals surface area contributed by atoms with E-state index < -0.39 is 33.8 Å². The molecule has 0 unspecified atom stereocenters. The Kier molecular flexibility index (Phi) is 6.49. The molecule has 0 radical (unpaired) electrons. The van der Waals surface area contributed by atoms with Crippen LogP contribution in [0.4, 0.5) is 5.69 Å². The molecule has 8 heteroatoms. The molecular weight excluding hydrogens is 342 g/mol. The highest BCUT2D eigenvalue weighted by Crippen LogP contribution is 2.28. The number of carbonyl (C=O) groups excluding carboxylic acids is 2. The van der Waals surface area contributed by atoms with Crippen molar-refractivity contribution in [1.82, 2.24) is 0 Å². The summed E-state index contributed by atoms with van der Waals surface area (Å²) in [6, 6.07) is 5.49. The topological polar surface area (TPSA) is 105 Å². The molecule has 0 saturated carbocycles. The second-order valence-corrected chi connectivity index (χ2v) is 7.37. The Hall–Kier alpha value is -2.90. The average molecular weight is 365 g/mol. The van der Waals surface area contributed by atoms with Crippen LogP contribution in [0.1, 0.15) is 41.5 Å². The fraction of sp³-hybridized carbons (Fsp3) is 0.444. The fourth-order valence-electron chi connectivity index (χ4n) is 1.71. The third kappa shape index (κ3) is 7.33. The summed E-state index contributed by atoms with van der Waals surface area (Å²) in [6.07, 6.45) is 0.816. The minimum Gasteiger partial charge on any atom is -0.457 e. The highest BCUT2D eigenvalue weighted by molar-refractivity contribution is 5.95. The normalized spacial score (nSPS) is 12.3. The summed E-state index contributed by atoms with van der Waals surface area (Å²) in [4.78, 5) is 34.8. The van der Waals surface area contributed by atoms with Gasteiger partial charge in [-0.25, -0.2) is 9.59 Å². The Morgan fingerprint density at radius 3 is 2.04 bits per heavy atom. The maximum absolute atomic E-state index is 12.4. The molecule has 0 aliphatic carbocycles. The Morgan fingerprint density at radius 1 is 1.00 bits per heavy atom. The number of benzene rings is 1. The zero-order chi connectivity index (χ0) is 20.1. The Labute approximate surface area is 151 Å². The van der Waals surface area contributed by atoms with Crippen LogP contribution in [-0.4, -0.2) is 28.1 Å². The highest BCUT2D eigenvalue weighted by atomic mass is 16.6. The van der Waals surface area contributed by atoms with Crippen LogP contribution in [0.3, 0.4) is 0 Å². The Balaban J connectivity index is 3.23. The van der Waals surface area contributed by atoms with Crippen LogP contribution < -0.4 is 4.74 Å². The van der Waals surface area contributed by atoms with Gasteiger partial charge in [-0.2, -0.15) is 0 Å². The van der Waals surface area contributed by atoms with Gasteiger partial charge in [0.15, 0.2) is 0 Å². The molecule has 0 bridgehead atoms. The second kappa shape index (κ2) is 7.99. The van der Waals surface area contributed by atoms with E-state index in [1.807, 2.05) is 0 Å². The summed E-state index contributed by atoms with van der Waals surface area (Å²) in [5, 5.41) is 11.1. The lowest BCUT2D eigenvalue weighted by Crippen LogP contribution is -2.28. The summed E-state index contributed by atoms with van der Waals surface area (Å²) in [5.41, 5.74) is -1.99. The van der Waals surface area contributed by atoms with Crippen molar-refractivity contribution < 1.29 is 28.7 Å². The van der Waals surface area contributed by atoms with Crippen molar-refractivity contribution in [2.75, 3.05) is 0 Å². The van der Waals surface area contributed by atoms with Gasteiger partial charge in [-0.3, -0.25) is 10.1 Å². The number of rotatable bonds is 5. The summed E-state index contributed by atoms with van der Waals surface area (Å²) < 4.78 is 15.7. The number of nitro benzene ring substituents is 1. The first-order valence-electron chi connectivity index (χ1n) is 7.88. The second-order valence-electron chi connectivity index (χ2n) is 7.37. The molecular formula is C18H23NO7. The molecule has 1 aromatic carbocycles.